The molecule has 0 aliphatic carbocycles. The standard InChI is InChI=1S/C15H27N3O/c1-17-9-4-5-12-11-18(10-7-14(12)17)15(19)13-6-2-3-8-16-13/h12-14,16H,2-11H2,1H3. The van der Waals surface area contributed by atoms with Crippen molar-refractivity contribution in [2.24, 2.45) is 5.92 Å². The van der Waals surface area contributed by atoms with Crippen LogP contribution in [0.1, 0.15) is 38.5 Å². The fourth-order valence-electron chi connectivity index (χ4n) is 4.14. The molecule has 0 spiro atoms. The molecule has 3 aliphatic heterocycles. The van der Waals surface area contributed by atoms with Crippen molar-refractivity contribution >= 4 is 5.91 Å². The van der Waals surface area contributed by atoms with Crippen LogP contribution in [0, 0.1) is 5.92 Å². The van der Waals surface area contributed by atoms with E-state index in [1.54, 1.807) is 0 Å². The van der Waals surface area contributed by atoms with Gasteiger partial charge >= 0.3 is 0 Å². The first-order chi connectivity index (χ1) is 9.25. The first-order valence-corrected chi connectivity index (χ1v) is 7.98. The minimum absolute atomic E-state index is 0.103. The summed E-state index contributed by atoms with van der Waals surface area (Å²) in [5, 5.41) is 3.40. The largest absolute Gasteiger partial charge is 0.341 e. The summed E-state index contributed by atoms with van der Waals surface area (Å²) in [7, 11) is 2.25. The number of carbonyl (C=O) groups is 1. The van der Waals surface area contributed by atoms with Gasteiger partial charge in [-0.3, -0.25) is 4.79 Å². The quantitative estimate of drug-likeness (QED) is 0.770. The molecule has 3 fully saturated rings. The van der Waals surface area contributed by atoms with Gasteiger partial charge in [-0.15, -0.1) is 0 Å². The molecule has 0 aromatic rings. The molecule has 4 nitrogen and oxygen atoms in total. The Kier molecular flexibility index (Phi) is 4.08. The molecule has 0 aromatic heterocycles. The molecule has 0 saturated carbocycles. The molecule has 19 heavy (non-hydrogen) atoms. The molecule has 4 heteroatoms. The van der Waals surface area contributed by atoms with Crippen molar-refractivity contribution in [3.05, 3.63) is 0 Å². The number of nitrogens with one attached hydrogen (secondary N) is 1. The molecule has 3 saturated heterocycles. The highest BCUT2D eigenvalue weighted by Gasteiger charge is 2.37. The number of fused-ring (bicyclic) bond motifs is 1. The molecule has 0 bridgehead atoms. The summed E-state index contributed by atoms with van der Waals surface area (Å²) in [5.41, 5.74) is 0. The monoisotopic (exact) mass is 265 g/mol. The second-order valence-electron chi connectivity index (χ2n) is 6.53. The fourth-order valence-corrected chi connectivity index (χ4v) is 4.14. The van der Waals surface area contributed by atoms with Crippen LogP contribution in [0.3, 0.4) is 0 Å². The number of piperidine rings is 3. The molecule has 3 unspecified atom stereocenters. The molecule has 1 N–H and O–H groups in total. The molecule has 3 atom stereocenters. The number of likely N-dealkylation sites (tertiary alicyclic amines) is 2. The van der Waals surface area contributed by atoms with Crippen molar-refractivity contribution in [3.8, 4) is 0 Å². The lowest BCUT2D eigenvalue weighted by molar-refractivity contribution is -0.137. The Morgan fingerprint density at radius 1 is 1.11 bits per heavy atom. The van der Waals surface area contributed by atoms with E-state index in [0.29, 0.717) is 11.8 Å². The molecule has 0 aromatic carbocycles. The third-order valence-electron chi connectivity index (χ3n) is 5.27. The van der Waals surface area contributed by atoms with Crippen LogP contribution < -0.4 is 5.32 Å². The van der Waals surface area contributed by atoms with Gasteiger partial charge in [-0.05, 0) is 58.2 Å². The van der Waals surface area contributed by atoms with Gasteiger partial charge in [0.25, 0.3) is 0 Å². The van der Waals surface area contributed by atoms with E-state index in [-0.39, 0.29) is 6.04 Å². The van der Waals surface area contributed by atoms with Gasteiger partial charge in [0.15, 0.2) is 0 Å². The molecular formula is C15H27N3O. The van der Waals surface area contributed by atoms with Crippen LogP contribution >= 0.6 is 0 Å². The highest BCUT2D eigenvalue weighted by molar-refractivity contribution is 5.82. The van der Waals surface area contributed by atoms with Crippen molar-refractivity contribution in [1.29, 1.82) is 0 Å². The summed E-state index contributed by atoms with van der Waals surface area (Å²) in [6.45, 7) is 4.20. The van der Waals surface area contributed by atoms with Crippen LogP contribution in [0.25, 0.3) is 0 Å². The maximum absolute atomic E-state index is 12.6. The van der Waals surface area contributed by atoms with E-state index in [0.717, 1.165) is 32.1 Å². The Morgan fingerprint density at radius 2 is 2.00 bits per heavy atom. The predicted molar refractivity (Wildman–Crippen MR) is 76.0 cm³/mol. The topological polar surface area (TPSA) is 35.6 Å². The van der Waals surface area contributed by atoms with E-state index in [9.17, 15) is 4.79 Å². The molecular weight excluding hydrogens is 238 g/mol. The van der Waals surface area contributed by atoms with Crippen molar-refractivity contribution in [2.45, 2.75) is 50.6 Å². The maximum Gasteiger partial charge on any atom is 0.239 e. The molecule has 3 rings (SSSR count). The average molecular weight is 265 g/mol. The van der Waals surface area contributed by atoms with Gasteiger partial charge in [-0.2, -0.15) is 0 Å². The third-order valence-corrected chi connectivity index (χ3v) is 5.27. The summed E-state index contributed by atoms with van der Waals surface area (Å²) in [6, 6.07) is 0.823. The third kappa shape index (κ3) is 2.79. The van der Waals surface area contributed by atoms with Gasteiger partial charge in [0.05, 0.1) is 6.04 Å². The number of hydrogen-bond acceptors (Lipinski definition) is 3. The van der Waals surface area contributed by atoms with Gasteiger partial charge in [0, 0.05) is 19.1 Å². The maximum atomic E-state index is 12.6. The van der Waals surface area contributed by atoms with Crippen LogP contribution in [0.5, 0.6) is 0 Å². The second kappa shape index (κ2) is 5.80. The fraction of sp³-hybridized carbons (Fsp3) is 0.933. The zero-order valence-electron chi connectivity index (χ0n) is 12.1. The molecule has 3 heterocycles. The molecule has 108 valence electrons. The summed E-state index contributed by atoms with van der Waals surface area (Å²) >= 11 is 0. The Morgan fingerprint density at radius 3 is 2.79 bits per heavy atom. The summed E-state index contributed by atoms with van der Waals surface area (Å²) in [6.07, 6.45) is 7.21. The molecule has 1 amide bonds. The minimum Gasteiger partial charge on any atom is -0.341 e. The lowest BCUT2D eigenvalue weighted by atomic mass is 9.84. The van der Waals surface area contributed by atoms with E-state index >= 15 is 0 Å². The summed E-state index contributed by atoms with van der Waals surface area (Å²) < 4.78 is 0. The van der Waals surface area contributed by atoms with Crippen LogP contribution in [-0.2, 0) is 4.79 Å². The molecule has 3 aliphatic rings. The second-order valence-corrected chi connectivity index (χ2v) is 6.53. The zero-order chi connectivity index (χ0) is 13.2. The SMILES string of the molecule is CN1CCCC2CN(C(=O)C3CCCCN3)CCC21. The summed E-state index contributed by atoms with van der Waals surface area (Å²) in [4.78, 5) is 17.2. The number of amides is 1. The van der Waals surface area contributed by atoms with Crippen molar-refractivity contribution in [1.82, 2.24) is 15.1 Å². The summed E-state index contributed by atoms with van der Waals surface area (Å²) in [5.74, 6) is 1.08. The van der Waals surface area contributed by atoms with Crippen LogP contribution in [-0.4, -0.2) is 61.0 Å². The first-order valence-electron chi connectivity index (χ1n) is 7.98. The Balaban J connectivity index is 1.59. The van der Waals surface area contributed by atoms with Gasteiger partial charge < -0.3 is 15.1 Å². The average Bonchev–Trinajstić information content (AvgIpc) is 2.47. The van der Waals surface area contributed by atoms with Crippen molar-refractivity contribution in [2.75, 3.05) is 33.2 Å². The first kappa shape index (κ1) is 13.4. The highest BCUT2D eigenvalue weighted by Crippen LogP contribution is 2.30. The van der Waals surface area contributed by atoms with E-state index in [1.165, 1.54) is 38.6 Å². The predicted octanol–water partition coefficient (Wildman–Crippen LogP) is 1.07. The van der Waals surface area contributed by atoms with Crippen LogP contribution in [0.2, 0.25) is 0 Å². The highest BCUT2D eigenvalue weighted by atomic mass is 16.2. The molecule has 0 radical (unpaired) electrons. The van der Waals surface area contributed by atoms with E-state index < -0.39 is 0 Å². The van der Waals surface area contributed by atoms with Gasteiger partial charge in [-0.25, -0.2) is 0 Å². The van der Waals surface area contributed by atoms with Crippen LogP contribution in [0.15, 0.2) is 0 Å². The number of nitrogens with zero attached hydrogens (tertiary/aromatic N) is 2. The van der Waals surface area contributed by atoms with E-state index in [4.69, 9.17) is 0 Å². The number of hydrogen-bond donors (Lipinski definition) is 1. The van der Waals surface area contributed by atoms with E-state index in [2.05, 4.69) is 22.2 Å². The number of carbonyl (C=O) groups excluding carboxylic acids is 1. The Labute approximate surface area is 116 Å². The van der Waals surface area contributed by atoms with Crippen molar-refractivity contribution < 1.29 is 4.79 Å². The lowest BCUT2D eigenvalue weighted by Gasteiger charge is -2.46. The Bertz CT molecular complexity index is 327. The van der Waals surface area contributed by atoms with Gasteiger partial charge in [0.1, 0.15) is 0 Å². The minimum atomic E-state index is 0.103. The van der Waals surface area contributed by atoms with Gasteiger partial charge in [-0.1, -0.05) is 6.42 Å². The van der Waals surface area contributed by atoms with Crippen molar-refractivity contribution in [3.63, 3.8) is 0 Å². The Hall–Kier alpha value is -0.610. The zero-order valence-corrected chi connectivity index (χ0v) is 12.1. The van der Waals surface area contributed by atoms with E-state index in [1.807, 2.05) is 0 Å². The lowest BCUT2D eigenvalue weighted by Crippen LogP contribution is -2.57. The smallest absolute Gasteiger partial charge is 0.239 e. The van der Waals surface area contributed by atoms with Gasteiger partial charge in [0.2, 0.25) is 5.91 Å². The number of rotatable bonds is 1. The van der Waals surface area contributed by atoms with Crippen LogP contribution in [0.4, 0.5) is 0 Å². The normalized spacial score (nSPS) is 36.9.